The lowest BCUT2D eigenvalue weighted by Crippen LogP contribution is -1.99. The highest BCUT2D eigenvalue weighted by Crippen LogP contribution is 2.16. The second kappa shape index (κ2) is 5.34. The van der Waals surface area contributed by atoms with E-state index in [4.69, 9.17) is 17.3 Å². The molecule has 0 spiro atoms. The van der Waals surface area contributed by atoms with Crippen LogP contribution >= 0.6 is 11.6 Å². The van der Waals surface area contributed by atoms with E-state index < -0.39 is 0 Å². The summed E-state index contributed by atoms with van der Waals surface area (Å²) < 4.78 is 0. The van der Waals surface area contributed by atoms with Gasteiger partial charge in [-0.3, -0.25) is 0 Å². The number of aryl methyl sites for hydroxylation is 3. The smallest absolute Gasteiger partial charge is 0.150 e. The largest absolute Gasteiger partial charge is 0.343 e. The van der Waals surface area contributed by atoms with Crippen LogP contribution in [0.1, 0.15) is 22.6 Å². The monoisotopic (exact) mass is 249 g/mol. The van der Waals surface area contributed by atoms with Crippen molar-refractivity contribution >= 4 is 11.6 Å². The molecular formula is C13H16ClN3. The number of hydrogen-bond acceptors (Lipinski definition) is 2. The Morgan fingerprint density at radius 1 is 1.29 bits per heavy atom. The van der Waals surface area contributed by atoms with Gasteiger partial charge in [0.1, 0.15) is 11.0 Å². The van der Waals surface area contributed by atoms with E-state index >= 15 is 0 Å². The number of benzene rings is 1. The van der Waals surface area contributed by atoms with Gasteiger partial charge in [-0.2, -0.15) is 0 Å². The Bertz CT molecular complexity index is 505. The molecule has 3 nitrogen and oxygen atoms in total. The van der Waals surface area contributed by atoms with Crippen molar-refractivity contribution in [2.24, 2.45) is 5.73 Å². The predicted molar refractivity (Wildman–Crippen MR) is 70.1 cm³/mol. The molecule has 0 fully saturated rings. The van der Waals surface area contributed by atoms with Crippen LogP contribution in [0.3, 0.4) is 0 Å². The SMILES string of the molecule is Cc1ccccc1CCc1[nH]c(CN)nc1Cl. The van der Waals surface area contributed by atoms with Crippen molar-refractivity contribution in [3.8, 4) is 0 Å². The van der Waals surface area contributed by atoms with Gasteiger partial charge in [0.05, 0.1) is 12.2 Å². The van der Waals surface area contributed by atoms with Gasteiger partial charge in [-0.1, -0.05) is 35.9 Å². The maximum absolute atomic E-state index is 6.03. The molecule has 0 saturated heterocycles. The molecule has 0 aliphatic heterocycles. The highest BCUT2D eigenvalue weighted by Gasteiger charge is 2.07. The first-order valence-corrected chi connectivity index (χ1v) is 6.06. The van der Waals surface area contributed by atoms with E-state index in [1.54, 1.807) is 0 Å². The number of H-pyrrole nitrogens is 1. The maximum Gasteiger partial charge on any atom is 0.150 e. The van der Waals surface area contributed by atoms with Crippen LogP contribution in [-0.4, -0.2) is 9.97 Å². The summed E-state index contributed by atoms with van der Waals surface area (Å²) in [7, 11) is 0. The number of nitrogens with two attached hydrogens (primary N) is 1. The molecule has 17 heavy (non-hydrogen) atoms. The second-order valence-electron chi connectivity index (χ2n) is 4.08. The summed E-state index contributed by atoms with van der Waals surface area (Å²) in [4.78, 5) is 7.30. The molecule has 0 aliphatic rings. The number of rotatable bonds is 4. The summed E-state index contributed by atoms with van der Waals surface area (Å²) >= 11 is 6.03. The van der Waals surface area contributed by atoms with Crippen LogP contribution in [0.5, 0.6) is 0 Å². The summed E-state index contributed by atoms with van der Waals surface area (Å²) in [6.07, 6.45) is 1.81. The number of hydrogen-bond donors (Lipinski definition) is 2. The average molecular weight is 250 g/mol. The van der Waals surface area contributed by atoms with Gasteiger partial charge in [-0.25, -0.2) is 4.98 Å². The van der Waals surface area contributed by atoms with Crippen molar-refractivity contribution in [3.63, 3.8) is 0 Å². The van der Waals surface area contributed by atoms with Crippen LogP contribution in [0.25, 0.3) is 0 Å². The Morgan fingerprint density at radius 3 is 2.71 bits per heavy atom. The number of aromatic nitrogens is 2. The molecule has 0 amide bonds. The minimum atomic E-state index is 0.393. The predicted octanol–water partition coefficient (Wildman–Crippen LogP) is 2.62. The summed E-state index contributed by atoms with van der Waals surface area (Å²) in [5.74, 6) is 0.745. The molecule has 4 heteroatoms. The Morgan fingerprint density at radius 2 is 2.06 bits per heavy atom. The topological polar surface area (TPSA) is 54.7 Å². The second-order valence-corrected chi connectivity index (χ2v) is 4.44. The molecule has 1 aromatic heterocycles. The molecule has 90 valence electrons. The fourth-order valence-corrected chi connectivity index (χ4v) is 2.10. The summed E-state index contributed by atoms with van der Waals surface area (Å²) in [6, 6.07) is 8.37. The molecular weight excluding hydrogens is 234 g/mol. The number of imidazole rings is 1. The van der Waals surface area contributed by atoms with E-state index in [2.05, 4.69) is 41.2 Å². The molecule has 1 heterocycles. The van der Waals surface area contributed by atoms with E-state index in [-0.39, 0.29) is 0 Å². The van der Waals surface area contributed by atoms with Crippen LogP contribution in [0.4, 0.5) is 0 Å². The van der Waals surface area contributed by atoms with E-state index in [9.17, 15) is 0 Å². The molecule has 2 rings (SSSR count). The van der Waals surface area contributed by atoms with Crippen molar-refractivity contribution in [1.82, 2.24) is 9.97 Å². The van der Waals surface area contributed by atoms with Crippen LogP contribution in [-0.2, 0) is 19.4 Å². The molecule has 0 aliphatic carbocycles. The first-order valence-electron chi connectivity index (χ1n) is 5.68. The van der Waals surface area contributed by atoms with Crippen LogP contribution < -0.4 is 5.73 Å². The zero-order chi connectivity index (χ0) is 12.3. The lowest BCUT2D eigenvalue weighted by atomic mass is 10.0. The normalized spacial score (nSPS) is 10.8. The van der Waals surface area contributed by atoms with Crippen molar-refractivity contribution < 1.29 is 0 Å². The minimum absolute atomic E-state index is 0.393. The third-order valence-corrected chi connectivity index (χ3v) is 3.19. The number of halogens is 1. The molecule has 2 aromatic rings. The first-order chi connectivity index (χ1) is 8.20. The van der Waals surface area contributed by atoms with Crippen LogP contribution in [0, 0.1) is 6.92 Å². The lowest BCUT2D eigenvalue weighted by Gasteiger charge is -2.04. The number of aromatic amines is 1. The van der Waals surface area contributed by atoms with E-state index in [0.717, 1.165) is 24.4 Å². The van der Waals surface area contributed by atoms with Crippen LogP contribution in [0.15, 0.2) is 24.3 Å². The van der Waals surface area contributed by atoms with Gasteiger partial charge < -0.3 is 10.7 Å². The number of nitrogens with zero attached hydrogens (tertiary/aromatic N) is 1. The third kappa shape index (κ3) is 2.87. The van der Waals surface area contributed by atoms with Crippen molar-refractivity contribution in [3.05, 3.63) is 52.1 Å². The van der Waals surface area contributed by atoms with Crippen molar-refractivity contribution in [2.75, 3.05) is 0 Å². The Balaban J connectivity index is 2.07. The maximum atomic E-state index is 6.03. The van der Waals surface area contributed by atoms with Gasteiger partial charge in [0, 0.05) is 0 Å². The molecule has 0 atom stereocenters. The van der Waals surface area contributed by atoms with E-state index in [1.807, 2.05) is 0 Å². The van der Waals surface area contributed by atoms with Crippen molar-refractivity contribution in [2.45, 2.75) is 26.3 Å². The summed E-state index contributed by atoms with van der Waals surface area (Å²) in [5.41, 5.74) is 9.13. The zero-order valence-corrected chi connectivity index (χ0v) is 10.6. The van der Waals surface area contributed by atoms with Gasteiger partial charge in [-0.05, 0) is 30.9 Å². The first kappa shape index (κ1) is 12.1. The van der Waals surface area contributed by atoms with Gasteiger partial charge in [0.15, 0.2) is 0 Å². The highest BCUT2D eigenvalue weighted by molar-refractivity contribution is 6.30. The molecule has 0 radical (unpaired) electrons. The fraction of sp³-hybridized carbons (Fsp3) is 0.308. The molecule has 0 unspecified atom stereocenters. The molecule has 0 saturated carbocycles. The highest BCUT2D eigenvalue weighted by atomic mass is 35.5. The Labute approximate surface area is 106 Å². The third-order valence-electron chi connectivity index (χ3n) is 2.88. The molecule has 0 bridgehead atoms. The fourth-order valence-electron chi connectivity index (χ4n) is 1.85. The van der Waals surface area contributed by atoms with Gasteiger partial charge >= 0.3 is 0 Å². The quantitative estimate of drug-likeness (QED) is 0.875. The Kier molecular flexibility index (Phi) is 3.82. The van der Waals surface area contributed by atoms with Gasteiger partial charge in [0.25, 0.3) is 0 Å². The molecule has 1 aromatic carbocycles. The molecule has 3 N–H and O–H groups in total. The van der Waals surface area contributed by atoms with E-state index in [0.29, 0.717) is 11.7 Å². The minimum Gasteiger partial charge on any atom is -0.343 e. The van der Waals surface area contributed by atoms with E-state index in [1.165, 1.54) is 11.1 Å². The van der Waals surface area contributed by atoms with Crippen LogP contribution in [0.2, 0.25) is 5.15 Å². The van der Waals surface area contributed by atoms with Gasteiger partial charge in [-0.15, -0.1) is 0 Å². The zero-order valence-electron chi connectivity index (χ0n) is 9.83. The summed E-state index contributed by atoms with van der Waals surface area (Å²) in [5, 5.41) is 0.541. The summed E-state index contributed by atoms with van der Waals surface area (Å²) in [6.45, 7) is 2.51. The van der Waals surface area contributed by atoms with Crippen molar-refractivity contribution in [1.29, 1.82) is 0 Å². The number of nitrogens with one attached hydrogen (secondary N) is 1. The lowest BCUT2D eigenvalue weighted by molar-refractivity contribution is 0.890. The standard InChI is InChI=1S/C13H16ClN3/c1-9-4-2-3-5-10(9)6-7-11-13(14)17-12(8-15)16-11/h2-5H,6-8,15H2,1H3,(H,16,17). The average Bonchev–Trinajstić information content (AvgIpc) is 2.69. The Hall–Kier alpha value is -1.32. The van der Waals surface area contributed by atoms with Gasteiger partial charge in [0.2, 0.25) is 0 Å².